The van der Waals surface area contributed by atoms with E-state index in [-0.39, 0.29) is 15.6 Å². The van der Waals surface area contributed by atoms with Gasteiger partial charge in [-0.25, -0.2) is 0 Å². The van der Waals surface area contributed by atoms with E-state index >= 15 is 0 Å². The fourth-order valence-electron chi connectivity index (χ4n) is 2.22. The Kier molecular flexibility index (Phi) is 3.02. The molecule has 0 unspecified atom stereocenters. The van der Waals surface area contributed by atoms with Crippen LogP contribution in [0.5, 0.6) is 11.5 Å². The van der Waals surface area contributed by atoms with Crippen molar-refractivity contribution < 1.29 is 17.3 Å². The van der Waals surface area contributed by atoms with Crippen LogP contribution in [0.3, 0.4) is 0 Å². The second-order valence-electron chi connectivity index (χ2n) is 5.25. The lowest BCUT2D eigenvalue weighted by Crippen LogP contribution is -2.24. The molecule has 0 fully saturated rings. The summed E-state index contributed by atoms with van der Waals surface area (Å²) in [4.78, 5) is 0. The highest BCUT2D eigenvalue weighted by atomic mass is 32.3. The highest BCUT2D eigenvalue weighted by Gasteiger charge is 2.33. The summed E-state index contributed by atoms with van der Waals surface area (Å²) in [5.74, 6) is 0.777. The average molecular weight is 310 g/mol. The molecule has 6 heteroatoms. The largest absolute Gasteiger partial charge is 0.483 e. The first-order valence-electron chi connectivity index (χ1n) is 6.16. The zero-order valence-corrected chi connectivity index (χ0v) is 12.8. The number of rotatable bonds is 3. The lowest BCUT2D eigenvalue weighted by atomic mass is 10.0. The fraction of sp³-hybridized carbons (Fsp3) is 0.286. The molecule has 0 atom stereocenters. The first-order valence-corrected chi connectivity index (χ1v) is 8.45. The van der Waals surface area contributed by atoms with Crippen molar-refractivity contribution in [3.8, 4) is 11.5 Å². The van der Waals surface area contributed by atoms with E-state index in [4.69, 9.17) is 8.92 Å². The zero-order chi connectivity index (χ0) is 14.4. The minimum atomic E-state index is -3.79. The van der Waals surface area contributed by atoms with Crippen LogP contribution in [-0.4, -0.2) is 14.0 Å². The van der Waals surface area contributed by atoms with Gasteiger partial charge in [-0.3, -0.25) is 0 Å². The summed E-state index contributed by atoms with van der Waals surface area (Å²) >= 11 is 1.13. The van der Waals surface area contributed by atoms with Crippen LogP contribution in [0.25, 0.3) is 0 Å². The summed E-state index contributed by atoms with van der Waals surface area (Å²) in [5, 5.41) is 1.70. The third-order valence-electron chi connectivity index (χ3n) is 3.00. The van der Waals surface area contributed by atoms with Crippen LogP contribution in [0.1, 0.15) is 19.4 Å². The van der Waals surface area contributed by atoms with E-state index in [0.717, 1.165) is 23.3 Å². The van der Waals surface area contributed by atoms with E-state index in [1.807, 2.05) is 19.9 Å². The minimum absolute atomic E-state index is 0.187. The molecule has 0 aliphatic carbocycles. The molecule has 1 aromatic heterocycles. The Labute approximate surface area is 122 Å². The van der Waals surface area contributed by atoms with Gasteiger partial charge in [-0.15, -0.1) is 11.3 Å². The van der Waals surface area contributed by atoms with Crippen molar-refractivity contribution in [3.63, 3.8) is 0 Å². The highest BCUT2D eigenvalue weighted by Crippen LogP contribution is 2.42. The number of ether oxygens (including phenoxy) is 1. The molecule has 106 valence electrons. The third-order valence-corrected chi connectivity index (χ3v) is 5.59. The molecule has 0 spiro atoms. The highest BCUT2D eigenvalue weighted by molar-refractivity contribution is 7.89. The Morgan fingerprint density at radius 1 is 1.25 bits per heavy atom. The molecule has 0 bridgehead atoms. The smallest absolute Gasteiger partial charge is 0.348 e. The van der Waals surface area contributed by atoms with Gasteiger partial charge >= 0.3 is 10.1 Å². The minimum Gasteiger partial charge on any atom is -0.483 e. The van der Waals surface area contributed by atoms with Gasteiger partial charge in [0.2, 0.25) is 0 Å². The molecule has 0 amide bonds. The predicted octanol–water partition coefficient (Wildman–Crippen LogP) is 3.23. The molecular weight excluding hydrogens is 296 g/mol. The number of thiophene rings is 1. The second-order valence-corrected chi connectivity index (χ2v) is 7.97. The summed E-state index contributed by atoms with van der Waals surface area (Å²) < 4.78 is 35.5. The van der Waals surface area contributed by atoms with E-state index in [1.54, 1.807) is 23.6 Å². The Hall–Kier alpha value is -1.53. The van der Waals surface area contributed by atoms with Crippen LogP contribution < -0.4 is 8.92 Å². The first-order chi connectivity index (χ1) is 9.37. The van der Waals surface area contributed by atoms with Crippen LogP contribution in [0.4, 0.5) is 0 Å². The second kappa shape index (κ2) is 4.49. The maximum Gasteiger partial charge on any atom is 0.348 e. The van der Waals surface area contributed by atoms with Crippen LogP contribution in [-0.2, 0) is 16.5 Å². The van der Waals surface area contributed by atoms with Crippen LogP contribution >= 0.6 is 11.3 Å². The van der Waals surface area contributed by atoms with E-state index < -0.39 is 10.1 Å². The van der Waals surface area contributed by atoms with Crippen molar-refractivity contribution >= 4 is 21.5 Å². The monoisotopic (exact) mass is 310 g/mol. The summed E-state index contributed by atoms with van der Waals surface area (Å²) in [6.45, 7) is 3.93. The van der Waals surface area contributed by atoms with Crippen molar-refractivity contribution in [1.82, 2.24) is 0 Å². The number of fused-ring (bicyclic) bond motifs is 1. The fourth-order valence-corrected chi connectivity index (χ4v) is 4.10. The van der Waals surface area contributed by atoms with Gasteiger partial charge in [0.15, 0.2) is 15.7 Å². The maximum absolute atomic E-state index is 12.2. The van der Waals surface area contributed by atoms with Crippen molar-refractivity contribution in [1.29, 1.82) is 0 Å². The molecule has 20 heavy (non-hydrogen) atoms. The van der Waals surface area contributed by atoms with Gasteiger partial charge in [-0.2, -0.15) is 8.42 Å². The van der Waals surface area contributed by atoms with E-state index in [9.17, 15) is 8.42 Å². The molecule has 2 aromatic rings. The van der Waals surface area contributed by atoms with Gasteiger partial charge in [-0.1, -0.05) is 18.2 Å². The normalized spacial score (nSPS) is 16.5. The molecule has 3 rings (SSSR count). The molecule has 1 aromatic carbocycles. The molecule has 1 aliphatic rings. The van der Waals surface area contributed by atoms with Gasteiger partial charge < -0.3 is 8.92 Å². The predicted molar refractivity (Wildman–Crippen MR) is 77.0 cm³/mol. The van der Waals surface area contributed by atoms with Crippen LogP contribution in [0.15, 0.2) is 39.9 Å². The molecule has 1 aliphatic heterocycles. The van der Waals surface area contributed by atoms with Gasteiger partial charge in [0, 0.05) is 12.0 Å². The standard InChI is InChI=1S/C14H14O4S2/c1-14(2)9-10-5-3-6-11(13(10)17-14)18-20(15,16)12-7-4-8-19-12/h3-8H,9H2,1-2H3. The topological polar surface area (TPSA) is 52.6 Å². The van der Waals surface area contributed by atoms with Crippen molar-refractivity contribution in [2.45, 2.75) is 30.1 Å². The Morgan fingerprint density at radius 3 is 2.75 bits per heavy atom. The molecule has 0 saturated heterocycles. The van der Waals surface area contributed by atoms with Gasteiger partial charge in [0.1, 0.15) is 5.60 Å². The summed E-state index contributed by atoms with van der Waals surface area (Å²) in [7, 11) is -3.79. The number of benzene rings is 1. The zero-order valence-electron chi connectivity index (χ0n) is 11.1. The van der Waals surface area contributed by atoms with Crippen LogP contribution in [0.2, 0.25) is 0 Å². The molecular formula is C14H14O4S2. The molecule has 0 saturated carbocycles. The number of hydrogen-bond acceptors (Lipinski definition) is 5. The number of hydrogen-bond donors (Lipinski definition) is 0. The van der Waals surface area contributed by atoms with Crippen LogP contribution in [0, 0.1) is 0 Å². The summed E-state index contributed by atoms with van der Waals surface area (Å²) in [6.07, 6.45) is 0.735. The van der Waals surface area contributed by atoms with E-state index in [2.05, 4.69) is 0 Å². The maximum atomic E-state index is 12.2. The number of para-hydroxylation sites is 1. The van der Waals surface area contributed by atoms with E-state index in [0.29, 0.717) is 5.75 Å². The first kappa shape index (κ1) is 13.5. The lowest BCUT2D eigenvalue weighted by molar-refractivity contribution is 0.136. The molecule has 2 heterocycles. The third kappa shape index (κ3) is 2.41. The average Bonchev–Trinajstić information content (AvgIpc) is 2.94. The lowest BCUT2D eigenvalue weighted by Gasteiger charge is -2.18. The molecule has 0 radical (unpaired) electrons. The quantitative estimate of drug-likeness (QED) is 0.817. The van der Waals surface area contributed by atoms with Crippen molar-refractivity contribution in [3.05, 3.63) is 41.3 Å². The van der Waals surface area contributed by atoms with E-state index in [1.165, 1.54) is 6.07 Å². The van der Waals surface area contributed by atoms with Gasteiger partial charge in [0.25, 0.3) is 0 Å². The van der Waals surface area contributed by atoms with Crippen molar-refractivity contribution in [2.24, 2.45) is 0 Å². The Morgan fingerprint density at radius 2 is 2.05 bits per heavy atom. The molecule has 0 N–H and O–H groups in total. The van der Waals surface area contributed by atoms with Gasteiger partial charge in [-0.05, 0) is 31.4 Å². The van der Waals surface area contributed by atoms with Gasteiger partial charge in [0.05, 0.1) is 0 Å². The summed E-state index contributed by atoms with van der Waals surface area (Å²) in [5.41, 5.74) is 0.628. The Bertz CT molecular complexity index is 731. The summed E-state index contributed by atoms with van der Waals surface area (Å²) in [6, 6.07) is 8.52. The Balaban J connectivity index is 1.97. The SMILES string of the molecule is CC1(C)Cc2cccc(OS(=O)(=O)c3cccs3)c2O1. The van der Waals surface area contributed by atoms with Crippen molar-refractivity contribution in [2.75, 3.05) is 0 Å². The molecule has 4 nitrogen and oxygen atoms in total.